The highest BCUT2D eigenvalue weighted by Gasteiger charge is 2.31. The Hall–Kier alpha value is -1.75. The van der Waals surface area contributed by atoms with E-state index < -0.39 is 11.7 Å². The van der Waals surface area contributed by atoms with Crippen LogP contribution < -0.4 is 0 Å². The van der Waals surface area contributed by atoms with Gasteiger partial charge in [0.1, 0.15) is 11.4 Å². The van der Waals surface area contributed by atoms with Gasteiger partial charge in [-0.15, -0.1) is 0 Å². The maximum absolute atomic E-state index is 12.0. The largest absolute Gasteiger partial charge is 0.508 e. The van der Waals surface area contributed by atoms with Gasteiger partial charge in [-0.1, -0.05) is 18.2 Å². The number of hydrogen-bond donors (Lipinski definition) is 2. The first-order valence-corrected chi connectivity index (χ1v) is 7.72. The second-order valence-corrected chi connectivity index (χ2v) is 6.81. The molecule has 1 aromatic carbocycles. The number of aliphatic hydroxyl groups excluding tert-OH is 1. The van der Waals surface area contributed by atoms with Crippen molar-refractivity contribution in [3.8, 4) is 5.75 Å². The zero-order chi connectivity index (χ0) is 16.3. The molecule has 1 aliphatic heterocycles. The van der Waals surface area contributed by atoms with Crippen molar-refractivity contribution in [3.63, 3.8) is 0 Å². The van der Waals surface area contributed by atoms with E-state index in [1.807, 2.05) is 20.8 Å². The number of hydrogen-bond acceptors (Lipinski definition) is 4. The number of benzene rings is 1. The number of carbonyl (C=O) groups excluding carboxylic acids is 1. The SMILES string of the molecule is CC(C)(C)OC(=O)N1CCC(C(O)c2ccccc2O)CC1. The van der Waals surface area contributed by atoms with Crippen molar-refractivity contribution in [2.45, 2.75) is 45.3 Å². The fraction of sp³-hybridized carbons (Fsp3) is 0.588. The fourth-order valence-corrected chi connectivity index (χ4v) is 2.72. The minimum absolute atomic E-state index is 0.0342. The Labute approximate surface area is 131 Å². The molecule has 5 heteroatoms. The summed E-state index contributed by atoms with van der Waals surface area (Å²) in [6, 6.07) is 6.85. The molecule has 0 aliphatic carbocycles. The molecule has 1 fully saturated rings. The maximum Gasteiger partial charge on any atom is 0.410 e. The third-order valence-electron chi connectivity index (χ3n) is 3.89. The average Bonchev–Trinajstić information content (AvgIpc) is 2.45. The van der Waals surface area contributed by atoms with E-state index in [-0.39, 0.29) is 17.8 Å². The molecule has 1 aliphatic rings. The summed E-state index contributed by atoms with van der Waals surface area (Å²) in [5.74, 6) is 0.150. The molecule has 2 rings (SSSR count). The molecule has 1 amide bonds. The van der Waals surface area contributed by atoms with Crippen LogP contribution in [-0.4, -0.2) is 39.9 Å². The van der Waals surface area contributed by atoms with Crippen LogP contribution in [0.2, 0.25) is 0 Å². The Balaban J connectivity index is 1.92. The molecule has 0 bridgehead atoms. The zero-order valence-corrected chi connectivity index (χ0v) is 13.5. The molecule has 22 heavy (non-hydrogen) atoms. The van der Waals surface area contributed by atoms with Crippen LogP contribution in [0, 0.1) is 5.92 Å². The number of likely N-dealkylation sites (tertiary alicyclic amines) is 1. The number of phenolic OH excluding ortho intramolecular Hbond substituents is 1. The van der Waals surface area contributed by atoms with Gasteiger partial charge in [0.15, 0.2) is 0 Å². The van der Waals surface area contributed by atoms with Crippen molar-refractivity contribution in [1.82, 2.24) is 4.90 Å². The number of para-hydroxylation sites is 1. The lowest BCUT2D eigenvalue weighted by Crippen LogP contribution is -2.42. The number of nitrogens with zero attached hydrogens (tertiary/aromatic N) is 1. The van der Waals surface area contributed by atoms with Crippen molar-refractivity contribution >= 4 is 6.09 Å². The first kappa shape index (κ1) is 16.6. The van der Waals surface area contributed by atoms with E-state index in [4.69, 9.17) is 4.74 Å². The number of rotatable bonds is 2. The highest BCUT2D eigenvalue weighted by Crippen LogP contribution is 2.34. The van der Waals surface area contributed by atoms with E-state index in [0.29, 0.717) is 31.5 Å². The van der Waals surface area contributed by atoms with Gasteiger partial charge in [0.05, 0.1) is 6.10 Å². The van der Waals surface area contributed by atoms with Gasteiger partial charge < -0.3 is 19.8 Å². The minimum atomic E-state index is -0.706. The zero-order valence-electron chi connectivity index (χ0n) is 13.5. The van der Waals surface area contributed by atoms with E-state index in [0.717, 1.165) is 0 Å². The topological polar surface area (TPSA) is 70.0 Å². The molecule has 0 aromatic heterocycles. The molecule has 0 saturated carbocycles. The monoisotopic (exact) mass is 307 g/mol. The van der Waals surface area contributed by atoms with E-state index in [1.165, 1.54) is 0 Å². The Morgan fingerprint density at radius 2 is 1.86 bits per heavy atom. The summed E-state index contributed by atoms with van der Waals surface area (Å²) in [7, 11) is 0. The number of piperidine rings is 1. The van der Waals surface area contributed by atoms with Gasteiger partial charge in [-0.2, -0.15) is 0 Å². The van der Waals surface area contributed by atoms with Gasteiger partial charge in [0.2, 0.25) is 0 Å². The third kappa shape index (κ3) is 4.13. The molecule has 1 saturated heterocycles. The Morgan fingerprint density at radius 3 is 2.41 bits per heavy atom. The molecule has 1 heterocycles. The molecular formula is C17H25NO4. The molecule has 1 aromatic rings. The number of aliphatic hydroxyl groups is 1. The Morgan fingerprint density at radius 1 is 1.27 bits per heavy atom. The predicted molar refractivity (Wildman–Crippen MR) is 83.6 cm³/mol. The van der Waals surface area contributed by atoms with Crippen molar-refractivity contribution in [1.29, 1.82) is 0 Å². The van der Waals surface area contributed by atoms with Crippen LogP contribution in [0.1, 0.15) is 45.3 Å². The molecular weight excluding hydrogens is 282 g/mol. The van der Waals surface area contributed by atoms with Gasteiger partial charge in [0.25, 0.3) is 0 Å². The lowest BCUT2D eigenvalue weighted by Gasteiger charge is -2.35. The molecule has 5 nitrogen and oxygen atoms in total. The number of ether oxygens (including phenoxy) is 1. The van der Waals surface area contributed by atoms with Crippen molar-refractivity contribution in [3.05, 3.63) is 29.8 Å². The van der Waals surface area contributed by atoms with Crippen LogP contribution in [0.15, 0.2) is 24.3 Å². The molecule has 1 unspecified atom stereocenters. The van der Waals surface area contributed by atoms with E-state index >= 15 is 0 Å². The summed E-state index contributed by atoms with van der Waals surface area (Å²) >= 11 is 0. The van der Waals surface area contributed by atoms with Crippen LogP contribution in [0.3, 0.4) is 0 Å². The highest BCUT2D eigenvalue weighted by atomic mass is 16.6. The van der Waals surface area contributed by atoms with Gasteiger partial charge in [-0.3, -0.25) is 0 Å². The summed E-state index contributed by atoms with van der Waals surface area (Å²) in [5, 5.41) is 20.3. The highest BCUT2D eigenvalue weighted by molar-refractivity contribution is 5.68. The van der Waals surface area contributed by atoms with E-state index in [2.05, 4.69) is 0 Å². The molecule has 2 N–H and O–H groups in total. The summed E-state index contributed by atoms with van der Waals surface area (Å²) < 4.78 is 5.36. The molecule has 0 radical (unpaired) electrons. The quantitative estimate of drug-likeness (QED) is 0.881. The van der Waals surface area contributed by atoms with Crippen LogP contribution in [0.4, 0.5) is 4.79 Å². The summed E-state index contributed by atoms with van der Waals surface area (Å²) in [4.78, 5) is 13.7. The maximum atomic E-state index is 12.0. The number of carbonyl (C=O) groups is 1. The van der Waals surface area contributed by atoms with Gasteiger partial charge in [-0.25, -0.2) is 4.79 Å². The molecule has 1 atom stereocenters. The number of phenols is 1. The Kier molecular flexibility index (Phi) is 4.96. The smallest absolute Gasteiger partial charge is 0.410 e. The van der Waals surface area contributed by atoms with E-state index in [9.17, 15) is 15.0 Å². The second kappa shape index (κ2) is 6.57. The van der Waals surface area contributed by atoms with Crippen LogP contribution in [0.5, 0.6) is 5.75 Å². The first-order valence-electron chi connectivity index (χ1n) is 7.72. The standard InChI is InChI=1S/C17H25NO4/c1-17(2,3)22-16(21)18-10-8-12(9-11-18)15(20)13-6-4-5-7-14(13)19/h4-7,12,15,19-20H,8-11H2,1-3H3. The van der Waals surface area contributed by atoms with Crippen LogP contribution in [0.25, 0.3) is 0 Å². The van der Waals surface area contributed by atoms with Crippen molar-refractivity contribution in [2.75, 3.05) is 13.1 Å². The summed E-state index contributed by atoms with van der Waals surface area (Å²) in [5.41, 5.74) is 0.0572. The van der Waals surface area contributed by atoms with E-state index in [1.54, 1.807) is 29.2 Å². The molecule has 122 valence electrons. The lowest BCUT2D eigenvalue weighted by atomic mass is 9.87. The fourth-order valence-electron chi connectivity index (χ4n) is 2.72. The molecule has 0 spiro atoms. The summed E-state index contributed by atoms with van der Waals surface area (Å²) in [6.45, 7) is 6.66. The van der Waals surface area contributed by atoms with Crippen molar-refractivity contribution in [2.24, 2.45) is 5.92 Å². The lowest BCUT2D eigenvalue weighted by molar-refractivity contribution is 0.00737. The normalized spacial score (nSPS) is 18.1. The van der Waals surface area contributed by atoms with Crippen LogP contribution in [-0.2, 0) is 4.74 Å². The van der Waals surface area contributed by atoms with Crippen molar-refractivity contribution < 1.29 is 19.7 Å². The van der Waals surface area contributed by atoms with Gasteiger partial charge in [0, 0.05) is 18.7 Å². The Bertz CT molecular complexity index is 516. The summed E-state index contributed by atoms with van der Waals surface area (Å²) in [6.07, 6.45) is 0.369. The second-order valence-electron chi connectivity index (χ2n) is 6.81. The number of aromatic hydroxyl groups is 1. The average molecular weight is 307 g/mol. The van der Waals surface area contributed by atoms with Gasteiger partial charge >= 0.3 is 6.09 Å². The number of amides is 1. The predicted octanol–water partition coefficient (Wildman–Crippen LogP) is 3.07. The first-order chi connectivity index (χ1) is 10.3. The van der Waals surface area contributed by atoms with Gasteiger partial charge in [-0.05, 0) is 45.6 Å². The minimum Gasteiger partial charge on any atom is -0.508 e. The van der Waals surface area contributed by atoms with Crippen LogP contribution >= 0.6 is 0 Å². The third-order valence-corrected chi connectivity index (χ3v) is 3.89.